The maximum absolute atomic E-state index is 14.3. The van der Waals surface area contributed by atoms with Gasteiger partial charge in [-0.3, -0.25) is 14.4 Å². The van der Waals surface area contributed by atoms with Crippen LogP contribution in [0.1, 0.15) is 61.5 Å². The number of aromatic hydroxyl groups is 1. The van der Waals surface area contributed by atoms with E-state index in [0.717, 1.165) is 15.7 Å². The Bertz CT molecular complexity index is 2440. The molecule has 13 heteroatoms. The molecule has 0 amide bonds. The Morgan fingerprint density at radius 3 is 2.22 bits per heavy atom. The highest BCUT2D eigenvalue weighted by Crippen LogP contribution is 2.60. The molecule has 3 heterocycles. The van der Waals surface area contributed by atoms with Crippen molar-refractivity contribution in [2.45, 2.75) is 72.5 Å². The minimum absolute atomic E-state index is 0.00665. The minimum atomic E-state index is -1.15. The first-order valence-electron chi connectivity index (χ1n) is 17.0. The molecule has 0 spiro atoms. The van der Waals surface area contributed by atoms with Gasteiger partial charge in [0.25, 0.3) is 5.56 Å². The molecule has 3 aliphatic rings. The number of carbonyl (C=O) groups is 2. The number of benzene rings is 2. The zero-order valence-corrected chi connectivity index (χ0v) is 30.0. The second kappa shape index (κ2) is 11.8. The molecule has 13 nitrogen and oxygen atoms in total. The molecule has 1 aliphatic heterocycles. The van der Waals surface area contributed by atoms with E-state index in [-0.39, 0.29) is 54.5 Å². The summed E-state index contributed by atoms with van der Waals surface area (Å²) >= 11 is 0. The summed E-state index contributed by atoms with van der Waals surface area (Å²) in [4.78, 5) is 74.4. The molecule has 0 bridgehead atoms. The van der Waals surface area contributed by atoms with Crippen LogP contribution in [0.25, 0.3) is 11.0 Å². The number of phenolic OH excluding ortho intramolecular Hbond substituents is 1. The largest absolute Gasteiger partial charge is 0.507 e. The highest BCUT2D eigenvalue weighted by Gasteiger charge is 2.60. The van der Waals surface area contributed by atoms with E-state index >= 15 is 0 Å². The molecule has 266 valence electrons. The van der Waals surface area contributed by atoms with Gasteiger partial charge in [0, 0.05) is 44.0 Å². The van der Waals surface area contributed by atoms with E-state index in [1.807, 2.05) is 25.1 Å². The van der Waals surface area contributed by atoms with Crippen LogP contribution in [0.15, 0.2) is 61.4 Å². The molecule has 1 saturated carbocycles. The number of ketones is 2. The van der Waals surface area contributed by atoms with Gasteiger partial charge >= 0.3 is 11.4 Å². The van der Waals surface area contributed by atoms with Crippen molar-refractivity contribution in [1.82, 2.24) is 23.5 Å². The number of allylic oxidation sites excluding steroid dienone is 4. The Morgan fingerprint density at radius 1 is 0.922 bits per heavy atom. The lowest BCUT2D eigenvalue weighted by Crippen LogP contribution is -2.55. The zero-order chi connectivity index (χ0) is 36.8. The summed E-state index contributed by atoms with van der Waals surface area (Å²) in [5, 5.41) is 10.6. The van der Waals surface area contributed by atoms with Crippen LogP contribution in [0, 0.1) is 25.2 Å². The van der Waals surface area contributed by atoms with Crippen molar-refractivity contribution in [2.75, 3.05) is 14.2 Å². The molecule has 7 rings (SSSR count). The number of carbonyl (C=O) groups excluding carboxylic acids is 2. The fourth-order valence-corrected chi connectivity index (χ4v) is 8.71. The average molecular weight is 696 g/mol. The quantitative estimate of drug-likeness (QED) is 0.299. The van der Waals surface area contributed by atoms with Gasteiger partial charge in [-0.1, -0.05) is 25.1 Å². The summed E-state index contributed by atoms with van der Waals surface area (Å²) in [6, 6.07) is 6.34. The third-order valence-corrected chi connectivity index (χ3v) is 11.6. The molecule has 4 unspecified atom stereocenters. The first-order chi connectivity index (χ1) is 24.1. The van der Waals surface area contributed by atoms with Crippen LogP contribution < -0.4 is 26.4 Å². The van der Waals surface area contributed by atoms with Gasteiger partial charge in [0.1, 0.15) is 11.4 Å². The van der Waals surface area contributed by atoms with E-state index in [0.29, 0.717) is 44.8 Å². The lowest BCUT2D eigenvalue weighted by molar-refractivity contribution is -0.140. The fourth-order valence-electron chi connectivity index (χ4n) is 8.71. The number of Topliss-reactive ketones (excluding diaryl/α,β-unsaturated/α-hetero) is 2. The third-order valence-electron chi connectivity index (χ3n) is 11.6. The van der Waals surface area contributed by atoms with E-state index < -0.39 is 34.7 Å². The molecule has 0 radical (unpaired) electrons. The predicted molar refractivity (Wildman–Crippen MR) is 189 cm³/mol. The summed E-state index contributed by atoms with van der Waals surface area (Å²) < 4.78 is 16.2. The number of nitrogens with zero attached hydrogens (tertiary/aromatic N) is 5. The molecule has 2 aromatic heterocycles. The minimum Gasteiger partial charge on any atom is -0.507 e. The molecule has 2 aliphatic carbocycles. The fraction of sp³-hybridized carbons (Fsp3) is 0.421. The number of methoxy groups -OCH3 is 2. The zero-order valence-electron chi connectivity index (χ0n) is 30.0. The lowest BCUT2D eigenvalue weighted by Gasteiger charge is -2.53. The van der Waals surface area contributed by atoms with Crippen LogP contribution in [0.5, 0.6) is 17.2 Å². The predicted octanol–water partition coefficient (Wildman–Crippen LogP) is 3.42. The van der Waals surface area contributed by atoms with Crippen molar-refractivity contribution in [3.05, 3.63) is 101 Å². The number of fused-ring (bicyclic) bond motifs is 5. The Morgan fingerprint density at radius 2 is 1.57 bits per heavy atom. The SMILES string of the molecule is COc1cc2nc(CCn3c(=O)n4n(c3=O)C3CC5C(=O)C(C)=C(C)C(=O)C5(C)C(c5cc(C)c(O)c(C)c5)C3=CC4)c(=O)n(C)c2cc1OC. The highest BCUT2D eigenvalue weighted by atomic mass is 16.5. The van der Waals surface area contributed by atoms with Gasteiger partial charge in [-0.05, 0) is 67.5 Å². The van der Waals surface area contributed by atoms with E-state index in [1.165, 1.54) is 28.2 Å². The number of rotatable bonds is 6. The number of hydrogen-bond acceptors (Lipinski definition) is 9. The molecule has 0 saturated heterocycles. The van der Waals surface area contributed by atoms with Crippen LogP contribution in [0.2, 0.25) is 0 Å². The second-order valence-corrected chi connectivity index (χ2v) is 14.2. The maximum atomic E-state index is 14.3. The molecule has 1 fully saturated rings. The van der Waals surface area contributed by atoms with Crippen molar-refractivity contribution >= 4 is 22.6 Å². The second-order valence-electron chi connectivity index (χ2n) is 14.2. The van der Waals surface area contributed by atoms with Gasteiger partial charge < -0.3 is 19.1 Å². The van der Waals surface area contributed by atoms with Crippen LogP contribution >= 0.6 is 0 Å². The monoisotopic (exact) mass is 695 g/mol. The number of hydrogen-bond donors (Lipinski definition) is 1. The van der Waals surface area contributed by atoms with E-state index in [4.69, 9.17) is 9.47 Å². The third kappa shape index (κ3) is 4.73. The van der Waals surface area contributed by atoms with Gasteiger partial charge in [0.15, 0.2) is 23.1 Å². The van der Waals surface area contributed by atoms with Crippen LogP contribution in [-0.4, -0.2) is 54.4 Å². The average Bonchev–Trinajstić information content (AvgIpc) is 3.36. The molecule has 4 aromatic rings. The van der Waals surface area contributed by atoms with Crippen LogP contribution in [-0.2, 0) is 36.1 Å². The van der Waals surface area contributed by atoms with Crippen molar-refractivity contribution in [3.63, 3.8) is 0 Å². The summed E-state index contributed by atoms with van der Waals surface area (Å²) in [7, 11) is 4.63. The highest BCUT2D eigenvalue weighted by molar-refractivity contribution is 6.15. The van der Waals surface area contributed by atoms with Gasteiger partial charge in [-0.15, -0.1) is 0 Å². The molecule has 4 atom stereocenters. The standard InChI is InChI=1S/C38H41N5O8/c1-18-13-22(14-19(2)32(18)44)31-23-9-12-42-36(48)41(11-10-25-35(47)40(6)28-17-30(51-8)29(50-7)16-26(28)39-25)37(49)43(42)27(23)15-24-33(45)20(3)21(4)34(46)38(24,31)5/h9,13-14,16-17,24,27,31,44H,10-12,15H2,1-8H3. The summed E-state index contributed by atoms with van der Waals surface area (Å²) in [6.45, 7) is 8.75. The number of aromatic nitrogens is 5. The molecular formula is C38H41N5O8. The number of ether oxygens (including phenoxy) is 2. The van der Waals surface area contributed by atoms with E-state index in [1.54, 1.807) is 46.9 Å². The molecular weight excluding hydrogens is 654 g/mol. The van der Waals surface area contributed by atoms with Gasteiger partial charge in [-0.2, -0.15) is 0 Å². The summed E-state index contributed by atoms with van der Waals surface area (Å²) in [6.07, 6.45) is 2.07. The van der Waals surface area contributed by atoms with Gasteiger partial charge in [0.05, 0.1) is 43.3 Å². The smallest absolute Gasteiger partial charge is 0.347 e. The molecule has 51 heavy (non-hydrogen) atoms. The lowest BCUT2D eigenvalue weighted by atomic mass is 9.50. The number of phenols is 1. The Balaban J connectivity index is 1.32. The van der Waals surface area contributed by atoms with Crippen molar-refractivity contribution in [3.8, 4) is 17.2 Å². The van der Waals surface area contributed by atoms with E-state index in [9.17, 15) is 29.1 Å². The normalized spacial score (nSPS) is 22.8. The first kappa shape index (κ1) is 34.0. The number of aryl methyl sites for hydroxylation is 4. The summed E-state index contributed by atoms with van der Waals surface area (Å²) in [5.41, 5.74) is 2.19. The Hall–Kier alpha value is -5.46. The van der Waals surface area contributed by atoms with E-state index in [2.05, 4.69) is 4.98 Å². The topological polar surface area (TPSA) is 157 Å². The molecule has 1 N–H and O–H groups in total. The Labute approximate surface area is 293 Å². The van der Waals surface area contributed by atoms with Crippen molar-refractivity contribution in [1.29, 1.82) is 0 Å². The van der Waals surface area contributed by atoms with Crippen LogP contribution in [0.3, 0.4) is 0 Å². The van der Waals surface area contributed by atoms with Gasteiger partial charge in [-0.25, -0.2) is 28.5 Å². The molecule has 2 aromatic carbocycles. The van der Waals surface area contributed by atoms with Gasteiger partial charge in [0.2, 0.25) is 0 Å². The maximum Gasteiger partial charge on any atom is 0.347 e. The Kier molecular flexibility index (Phi) is 7.88. The van der Waals surface area contributed by atoms with Crippen molar-refractivity contribution < 1.29 is 24.2 Å². The van der Waals surface area contributed by atoms with Crippen LogP contribution in [0.4, 0.5) is 0 Å². The van der Waals surface area contributed by atoms with Crippen molar-refractivity contribution in [2.24, 2.45) is 18.4 Å². The first-order valence-corrected chi connectivity index (χ1v) is 17.0. The summed E-state index contributed by atoms with van der Waals surface area (Å²) in [5.74, 6) is -0.580.